The minimum Gasteiger partial charge on any atom is -0.490 e. The number of anilines is 1. The first-order chi connectivity index (χ1) is 21.8. The molecule has 4 N–H and O–H groups in total. The Morgan fingerprint density at radius 1 is 1.17 bits per heavy atom. The molecule has 12 heteroatoms. The molecule has 2 aliphatic heterocycles. The van der Waals surface area contributed by atoms with Gasteiger partial charge < -0.3 is 24.7 Å². The Hall–Kier alpha value is -3.12. The third kappa shape index (κ3) is 6.52. The van der Waals surface area contributed by atoms with Gasteiger partial charge in [-0.3, -0.25) is 4.79 Å². The highest BCUT2D eigenvalue weighted by molar-refractivity contribution is 7.89. The van der Waals surface area contributed by atoms with E-state index in [0.717, 1.165) is 37.8 Å². The summed E-state index contributed by atoms with van der Waals surface area (Å²) < 4.78 is 30.8. The molecule has 2 fully saturated rings. The molecule has 2 aromatic rings. The monoisotopic (exact) mass is 671 g/mol. The fourth-order valence-corrected chi connectivity index (χ4v) is 9.35. The third-order valence-electron chi connectivity index (χ3n) is 10.7. The Labute approximate surface area is 275 Å². The molecule has 2 aromatic carbocycles. The molecule has 2 aliphatic carbocycles. The number of ether oxygens (including phenoxy) is 1. The maximum atomic E-state index is 12.2. The molecule has 2 heterocycles. The van der Waals surface area contributed by atoms with Gasteiger partial charge in [0.2, 0.25) is 15.9 Å². The number of amides is 1. The molecule has 0 unspecified atom stereocenters. The minimum absolute atomic E-state index is 0.00809. The van der Waals surface area contributed by atoms with E-state index >= 15 is 0 Å². The van der Waals surface area contributed by atoms with Crippen molar-refractivity contribution in [1.29, 1.82) is 0 Å². The van der Waals surface area contributed by atoms with E-state index in [4.69, 9.17) is 21.5 Å². The topological polar surface area (TPSA) is 150 Å². The quantitative estimate of drug-likeness (QED) is 0.357. The molecule has 0 aromatic heterocycles. The van der Waals surface area contributed by atoms with E-state index in [-0.39, 0.29) is 41.2 Å². The largest absolute Gasteiger partial charge is 0.490 e. The zero-order chi connectivity index (χ0) is 32.8. The average molecular weight is 672 g/mol. The molecule has 1 saturated carbocycles. The molecular weight excluding hydrogens is 630 g/mol. The third-order valence-corrected chi connectivity index (χ3v) is 12.3. The van der Waals surface area contributed by atoms with Crippen LogP contribution < -0.4 is 14.8 Å². The highest BCUT2D eigenvalue weighted by atomic mass is 35.5. The Morgan fingerprint density at radius 2 is 1.98 bits per heavy atom. The molecule has 6 rings (SSSR count). The van der Waals surface area contributed by atoms with E-state index < -0.39 is 27.3 Å². The van der Waals surface area contributed by atoms with E-state index in [1.54, 1.807) is 24.3 Å². The van der Waals surface area contributed by atoms with Crippen molar-refractivity contribution in [3.05, 3.63) is 70.3 Å². The maximum absolute atomic E-state index is 12.2. The van der Waals surface area contributed by atoms with Gasteiger partial charge in [-0.2, -0.15) is 0 Å². The lowest BCUT2D eigenvalue weighted by Crippen LogP contribution is -2.49. The lowest BCUT2D eigenvalue weighted by Gasteiger charge is -2.45. The van der Waals surface area contributed by atoms with E-state index in [9.17, 15) is 28.2 Å². The molecule has 4 aliphatic rings. The zero-order valence-electron chi connectivity index (χ0n) is 26.0. The van der Waals surface area contributed by atoms with Crippen molar-refractivity contribution in [2.75, 3.05) is 37.7 Å². The van der Waals surface area contributed by atoms with E-state index in [1.165, 1.54) is 23.0 Å². The number of hydrogen-bond donors (Lipinski definition) is 3. The number of rotatable bonds is 8. The molecular formula is C34H42ClN3O7S. The van der Waals surface area contributed by atoms with Crippen LogP contribution in [0.15, 0.2) is 48.6 Å². The molecule has 0 bridgehead atoms. The van der Waals surface area contributed by atoms with Crippen LogP contribution in [0, 0.1) is 17.8 Å². The fourth-order valence-electron chi connectivity index (χ4n) is 8.03. The van der Waals surface area contributed by atoms with Gasteiger partial charge in [0.1, 0.15) is 5.75 Å². The number of aromatic carboxylic acids is 1. The van der Waals surface area contributed by atoms with Gasteiger partial charge in [-0.05, 0) is 97.7 Å². The number of sulfonamides is 1. The highest BCUT2D eigenvalue weighted by Crippen LogP contribution is 2.46. The van der Waals surface area contributed by atoms with Gasteiger partial charge >= 0.3 is 5.97 Å². The second-order valence-corrected chi connectivity index (χ2v) is 15.8. The van der Waals surface area contributed by atoms with Crippen molar-refractivity contribution >= 4 is 39.2 Å². The number of carboxylic acid groups (broad SMARTS) is 1. The number of likely N-dealkylation sites (tertiary alicyclic amines) is 1. The molecule has 1 saturated heterocycles. The predicted molar refractivity (Wildman–Crippen MR) is 176 cm³/mol. The lowest BCUT2D eigenvalue weighted by atomic mass is 9.68. The number of hydrogen-bond acceptors (Lipinski definition) is 7. The predicted octanol–water partition coefficient (Wildman–Crippen LogP) is 3.98. The van der Waals surface area contributed by atoms with Crippen molar-refractivity contribution in [3.8, 4) is 5.75 Å². The van der Waals surface area contributed by atoms with Gasteiger partial charge in [0, 0.05) is 43.5 Å². The summed E-state index contributed by atoms with van der Waals surface area (Å²) in [6.07, 6.45) is 7.87. The summed E-state index contributed by atoms with van der Waals surface area (Å²) in [5.74, 6) is -0.719. The second kappa shape index (κ2) is 12.8. The van der Waals surface area contributed by atoms with Crippen molar-refractivity contribution in [1.82, 2.24) is 4.90 Å². The van der Waals surface area contributed by atoms with E-state index in [2.05, 4.69) is 11.0 Å². The number of aryl methyl sites for hydroxylation is 1. The number of fused-ring (bicyclic) bond motifs is 3. The van der Waals surface area contributed by atoms with Crippen LogP contribution in [-0.2, 0) is 26.7 Å². The van der Waals surface area contributed by atoms with Gasteiger partial charge in [0.25, 0.3) is 0 Å². The number of aliphatic hydroxyl groups excluding tert-OH is 1. The van der Waals surface area contributed by atoms with Crippen molar-refractivity contribution in [2.45, 2.75) is 62.2 Å². The Morgan fingerprint density at radius 3 is 2.67 bits per heavy atom. The number of nitrogens with zero attached hydrogens (tertiary/aromatic N) is 2. The minimum atomic E-state index is -3.82. The van der Waals surface area contributed by atoms with Crippen LogP contribution in [0.4, 0.5) is 5.69 Å². The summed E-state index contributed by atoms with van der Waals surface area (Å²) in [6.45, 7) is 3.57. The molecule has 1 spiro atoms. The summed E-state index contributed by atoms with van der Waals surface area (Å²) in [5.41, 5.74) is 3.09. The molecule has 46 heavy (non-hydrogen) atoms. The normalized spacial score (nSPS) is 28.3. The second-order valence-electron chi connectivity index (χ2n) is 13.6. The van der Waals surface area contributed by atoms with Crippen LogP contribution in [0.1, 0.15) is 60.5 Å². The molecule has 6 atom stereocenters. The van der Waals surface area contributed by atoms with Crippen molar-refractivity contribution in [3.63, 3.8) is 0 Å². The van der Waals surface area contributed by atoms with E-state index in [1.807, 2.05) is 18.2 Å². The fraction of sp³-hybridized carbons (Fsp3) is 0.529. The molecule has 248 valence electrons. The van der Waals surface area contributed by atoms with Crippen LogP contribution in [0.3, 0.4) is 0 Å². The van der Waals surface area contributed by atoms with E-state index in [0.29, 0.717) is 43.4 Å². The van der Waals surface area contributed by atoms with Gasteiger partial charge in [-0.25, -0.2) is 18.4 Å². The standard InChI is InChI=1S/C34H42ClN3O7S/c1-21(39)37-17-25(32(18-37)46(36,43)44)4-2-6-30(40)27-10-7-24(27)16-38-19-34(13-3-5-22-14-26(35)9-11-28(22)34)20-45-31-12-8-23(33(41)42)15-29(31)38/h2,6,8-9,11-12,14-15,24-25,27,30,32,40H,3-5,7,10,13,16-20H2,1H3,(H,41,42)(H2,36,43,44)/b6-2+/t24-,25+,27+,30-,32+,34-/m0/s1. The number of carbonyl (C=O) groups is 2. The number of carbonyl (C=O) groups excluding carboxylic acids is 1. The van der Waals surface area contributed by atoms with Crippen LogP contribution in [0.5, 0.6) is 5.75 Å². The zero-order valence-corrected chi connectivity index (χ0v) is 27.5. The summed E-state index contributed by atoms with van der Waals surface area (Å²) in [4.78, 5) is 27.6. The molecule has 1 amide bonds. The van der Waals surface area contributed by atoms with Gasteiger partial charge in [-0.15, -0.1) is 0 Å². The summed E-state index contributed by atoms with van der Waals surface area (Å²) in [6, 6.07) is 11.1. The Balaban J connectivity index is 1.21. The number of benzene rings is 2. The van der Waals surface area contributed by atoms with Crippen LogP contribution in [0.2, 0.25) is 5.02 Å². The van der Waals surface area contributed by atoms with Crippen LogP contribution in [-0.4, -0.2) is 79.5 Å². The summed E-state index contributed by atoms with van der Waals surface area (Å²) in [5, 5.41) is 26.4. The van der Waals surface area contributed by atoms with Crippen molar-refractivity contribution < 1.29 is 33.0 Å². The number of primary sulfonamides is 1. The number of allylic oxidation sites excluding steroid dienone is 1. The summed E-state index contributed by atoms with van der Waals surface area (Å²) >= 11 is 6.37. The SMILES string of the molecule is CC(=O)N1C[C@@H](C/C=C/[C@H](O)[C@@H]2CC[C@H]2CN2C[C@@]3(CCCc4cc(Cl)ccc43)COc3ccc(C(=O)O)cc32)[C@H](S(N)(=O)=O)C1. The van der Waals surface area contributed by atoms with Gasteiger partial charge in [0.05, 0.1) is 29.2 Å². The molecule has 10 nitrogen and oxygen atoms in total. The molecule has 0 radical (unpaired) electrons. The van der Waals surface area contributed by atoms with Crippen LogP contribution in [0.25, 0.3) is 0 Å². The number of halogens is 1. The smallest absolute Gasteiger partial charge is 0.335 e. The number of nitrogens with two attached hydrogens (primary N) is 1. The van der Waals surface area contributed by atoms with Crippen LogP contribution >= 0.6 is 11.6 Å². The maximum Gasteiger partial charge on any atom is 0.335 e. The first kappa shape index (κ1) is 32.8. The highest BCUT2D eigenvalue weighted by Gasteiger charge is 2.44. The number of carboxylic acids is 1. The summed E-state index contributed by atoms with van der Waals surface area (Å²) in [7, 11) is -3.82. The van der Waals surface area contributed by atoms with Gasteiger partial charge in [0.15, 0.2) is 0 Å². The van der Waals surface area contributed by atoms with Gasteiger partial charge in [-0.1, -0.05) is 29.8 Å². The Bertz CT molecular complexity index is 1650. The Kier molecular flexibility index (Phi) is 9.14. The first-order valence-corrected chi connectivity index (χ1v) is 18.0. The lowest BCUT2D eigenvalue weighted by molar-refractivity contribution is -0.127. The van der Waals surface area contributed by atoms with Crippen molar-refractivity contribution in [2.24, 2.45) is 22.9 Å². The number of aliphatic hydroxyl groups is 1. The first-order valence-electron chi connectivity index (χ1n) is 16.0. The average Bonchev–Trinajstić information content (AvgIpc) is 3.36.